The maximum absolute atomic E-state index is 12.7. The molecule has 0 fully saturated rings. The van der Waals surface area contributed by atoms with E-state index >= 15 is 0 Å². The van der Waals surface area contributed by atoms with Crippen LogP contribution in [0.25, 0.3) is 16.1 Å². The number of hydrogen-bond acceptors (Lipinski definition) is 3. The Morgan fingerprint density at radius 3 is 2.30 bits per heavy atom. The van der Waals surface area contributed by atoms with Crippen LogP contribution in [0.3, 0.4) is 0 Å². The van der Waals surface area contributed by atoms with E-state index in [9.17, 15) is 4.79 Å². The summed E-state index contributed by atoms with van der Waals surface area (Å²) in [6.07, 6.45) is 1.96. The van der Waals surface area contributed by atoms with Crippen molar-refractivity contribution in [3.63, 3.8) is 0 Å². The minimum absolute atomic E-state index is 0.0968. The molecular weight excluding hydrogens is 354 g/mol. The quantitative estimate of drug-likeness (QED) is 0.550. The lowest BCUT2D eigenvalue weighted by molar-refractivity contribution is 0.0944. The summed E-state index contributed by atoms with van der Waals surface area (Å²) in [6.45, 7) is 6.47. The van der Waals surface area contributed by atoms with Gasteiger partial charge in [0.1, 0.15) is 5.69 Å². The number of fused-ring (bicyclic) bond motifs is 1. The maximum Gasteiger partial charge on any atom is 0.270 e. The molecule has 27 heavy (non-hydrogen) atoms. The molecule has 4 rings (SSSR count). The predicted molar refractivity (Wildman–Crippen MR) is 110 cm³/mol. The van der Waals surface area contributed by atoms with Gasteiger partial charge >= 0.3 is 0 Å². The van der Waals surface area contributed by atoms with Gasteiger partial charge in [0.2, 0.25) is 0 Å². The van der Waals surface area contributed by atoms with Crippen LogP contribution in [0.15, 0.2) is 54.7 Å². The lowest BCUT2D eigenvalue weighted by Gasteiger charge is -2.07. The molecular formula is C22H21N3OS. The number of hydrogen-bond donors (Lipinski definition) is 1. The summed E-state index contributed by atoms with van der Waals surface area (Å²) in [7, 11) is 0. The predicted octanol–water partition coefficient (Wildman–Crippen LogP) is 4.92. The minimum Gasteiger partial charge on any atom is -0.347 e. The Morgan fingerprint density at radius 1 is 1.00 bits per heavy atom. The van der Waals surface area contributed by atoms with Crippen LogP contribution in [0, 0.1) is 20.8 Å². The van der Waals surface area contributed by atoms with Crippen LogP contribution in [0.4, 0.5) is 0 Å². The van der Waals surface area contributed by atoms with E-state index in [1.165, 1.54) is 16.7 Å². The first-order valence-electron chi connectivity index (χ1n) is 8.90. The topological polar surface area (TPSA) is 46.4 Å². The first-order valence-corrected chi connectivity index (χ1v) is 9.72. The van der Waals surface area contributed by atoms with Gasteiger partial charge in [0, 0.05) is 17.6 Å². The summed E-state index contributed by atoms with van der Waals surface area (Å²) in [6, 6.07) is 16.8. The molecule has 0 unspecified atom stereocenters. The summed E-state index contributed by atoms with van der Waals surface area (Å²) in [4.78, 5) is 19.2. The Bertz CT molecular complexity index is 1110. The number of nitrogens with one attached hydrogen (secondary N) is 1. The Hall–Kier alpha value is -2.92. The van der Waals surface area contributed by atoms with E-state index in [1.54, 1.807) is 11.3 Å². The van der Waals surface area contributed by atoms with Crippen LogP contribution in [-0.2, 0) is 6.54 Å². The fraction of sp³-hybridized carbons (Fsp3) is 0.182. The second-order valence-electron chi connectivity index (χ2n) is 6.79. The van der Waals surface area contributed by atoms with Gasteiger partial charge in [0.25, 0.3) is 5.91 Å². The minimum atomic E-state index is -0.0968. The second kappa shape index (κ2) is 7.00. The van der Waals surface area contributed by atoms with Crippen LogP contribution >= 0.6 is 11.3 Å². The summed E-state index contributed by atoms with van der Waals surface area (Å²) in [5.41, 5.74) is 6.06. The van der Waals surface area contributed by atoms with Crippen LogP contribution in [0.1, 0.15) is 32.2 Å². The number of imidazole rings is 1. The summed E-state index contributed by atoms with van der Waals surface area (Å²) >= 11 is 1.59. The average molecular weight is 375 g/mol. The third kappa shape index (κ3) is 3.51. The van der Waals surface area contributed by atoms with E-state index in [4.69, 9.17) is 0 Å². The third-order valence-corrected chi connectivity index (χ3v) is 5.52. The van der Waals surface area contributed by atoms with E-state index in [2.05, 4.69) is 65.8 Å². The lowest BCUT2D eigenvalue weighted by Crippen LogP contribution is -2.24. The van der Waals surface area contributed by atoms with Gasteiger partial charge in [-0.2, -0.15) is 0 Å². The highest BCUT2D eigenvalue weighted by molar-refractivity contribution is 7.17. The van der Waals surface area contributed by atoms with Gasteiger partial charge in [-0.15, -0.1) is 11.3 Å². The number of carbonyl (C=O) groups excluding carboxylic acids is 1. The molecule has 2 aromatic carbocycles. The number of thiazole rings is 1. The number of rotatable bonds is 4. The van der Waals surface area contributed by atoms with Crippen molar-refractivity contribution in [3.8, 4) is 11.1 Å². The molecule has 0 saturated heterocycles. The van der Waals surface area contributed by atoms with Crippen molar-refractivity contribution in [1.29, 1.82) is 0 Å². The zero-order chi connectivity index (χ0) is 19.0. The van der Waals surface area contributed by atoms with Crippen LogP contribution in [0.5, 0.6) is 0 Å². The van der Waals surface area contributed by atoms with Crippen molar-refractivity contribution in [1.82, 2.24) is 14.7 Å². The third-order valence-electron chi connectivity index (χ3n) is 4.62. The van der Waals surface area contributed by atoms with Gasteiger partial charge in [0.15, 0.2) is 4.96 Å². The Kier molecular flexibility index (Phi) is 4.54. The van der Waals surface area contributed by atoms with Crippen molar-refractivity contribution < 1.29 is 4.79 Å². The lowest BCUT2D eigenvalue weighted by atomic mass is 10.0. The Morgan fingerprint density at radius 2 is 1.63 bits per heavy atom. The number of nitrogens with zero attached hydrogens (tertiary/aromatic N) is 2. The Labute approximate surface area is 162 Å². The molecule has 0 bridgehead atoms. The van der Waals surface area contributed by atoms with E-state index in [1.807, 2.05) is 24.4 Å². The van der Waals surface area contributed by atoms with Crippen LogP contribution < -0.4 is 5.32 Å². The van der Waals surface area contributed by atoms with Gasteiger partial charge in [-0.1, -0.05) is 54.1 Å². The molecule has 1 amide bonds. The highest BCUT2D eigenvalue weighted by atomic mass is 32.1. The number of carbonyl (C=O) groups is 1. The highest BCUT2D eigenvalue weighted by Gasteiger charge is 2.17. The van der Waals surface area contributed by atoms with Gasteiger partial charge in [-0.05, 0) is 37.5 Å². The fourth-order valence-electron chi connectivity index (χ4n) is 3.16. The van der Waals surface area contributed by atoms with Gasteiger partial charge in [0.05, 0.1) is 5.69 Å². The zero-order valence-corrected chi connectivity index (χ0v) is 16.4. The monoisotopic (exact) mass is 375 g/mol. The standard InChI is InChI=1S/C22H21N3OS/c1-14-4-8-18(9-5-14)19-10-6-17(7-11-19)12-23-21(26)20-16(3)24-22-25(20)13-15(2)27-22/h4-11,13H,12H2,1-3H3,(H,23,26). The molecule has 4 nitrogen and oxygen atoms in total. The smallest absolute Gasteiger partial charge is 0.270 e. The molecule has 1 N–H and O–H groups in total. The van der Waals surface area contributed by atoms with E-state index < -0.39 is 0 Å². The molecule has 4 aromatic rings. The summed E-state index contributed by atoms with van der Waals surface area (Å²) < 4.78 is 1.88. The van der Waals surface area contributed by atoms with E-state index in [0.717, 1.165) is 21.1 Å². The second-order valence-corrected chi connectivity index (χ2v) is 8.00. The molecule has 0 radical (unpaired) electrons. The molecule has 0 aliphatic heterocycles. The van der Waals surface area contributed by atoms with Crippen molar-refractivity contribution >= 4 is 22.2 Å². The number of amides is 1. The van der Waals surface area contributed by atoms with Gasteiger partial charge in [-0.25, -0.2) is 4.98 Å². The molecule has 2 heterocycles. The number of aryl methyl sites for hydroxylation is 3. The van der Waals surface area contributed by atoms with Crippen molar-refractivity contribution in [2.24, 2.45) is 0 Å². The molecule has 5 heteroatoms. The molecule has 0 aliphatic carbocycles. The Balaban J connectivity index is 1.47. The first kappa shape index (κ1) is 17.5. The first-order chi connectivity index (χ1) is 13.0. The summed E-state index contributed by atoms with van der Waals surface area (Å²) in [5, 5.41) is 3.02. The fourth-order valence-corrected chi connectivity index (χ4v) is 4.04. The van der Waals surface area contributed by atoms with Gasteiger partial charge in [-0.3, -0.25) is 9.20 Å². The molecule has 0 aliphatic rings. The highest BCUT2D eigenvalue weighted by Crippen LogP contribution is 2.22. The molecule has 2 aromatic heterocycles. The molecule has 136 valence electrons. The normalized spacial score (nSPS) is 11.1. The molecule has 0 spiro atoms. The van der Waals surface area contributed by atoms with E-state index in [-0.39, 0.29) is 5.91 Å². The summed E-state index contributed by atoms with van der Waals surface area (Å²) in [5.74, 6) is -0.0968. The maximum atomic E-state index is 12.7. The molecule has 0 atom stereocenters. The van der Waals surface area contributed by atoms with Crippen molar-refractivity contribution in [2.75, 3.05) is 0 Å². The van der Waals surface area contributed by atoms with Crippen LogP contribution in [-0.4, -0.2) is 15.3 Å². The average Bonchev–Trinajstić information content (AvgIpc) is 3.15. The van der Waals surface area contributed by atoms with Gasteiger partial charge < -0.3 is 5.32 Å². The molecule has 0 saturated carbocycles. The zero-order valence-electron chi connectivity index (χ0n) is 15.6. The largest absolute Gasteiger partial charge is 0.347 e. The number of aromatic nitrogens is 2. The van der Waals surface area contributed by atoms with Crippen LogP contribution in [0.2, 0.25) is 0 Å². The van der Waals surface area contributed by atoms with Crippen molar-refractivity contribution in [2.45, 2.75) is 27.3 Å². The van der Waals surface area contributed by atoms with E-state index in [0.29, 0.717) is 12.2 Å². The van der Waals surface area contributed by atoms with Crippen molar-refractivity contribution in [3.05, 3.63) is 82.1 Å². The SMILES string of the molecule is Cc1ccc(-c2ccc(CNC(=O)c3c(C)nc4sc(C)cn34)cc2)cc1. The number of benzene rings is 2.